The molecule has 84 heavy (non-hydrogen) atoms. The Morgan fingerprint density at radius 1 is 0.238 bits per heavy atom. The number of pyridine rings is 4. The summed E-state index contributed by atoms with van der Waals surface area (Å²) in [4.78, 5) is 0. The van der Waals surface area contributed by atoms with Crippen LogP contribution in [0.15, 0.2) is 267 Å². The van der Waals surface area contributed by atoms with Gasteiger partial charge in [-0.25, -0.2) is 18.3 Å². The van der Waals surface area contributed by atoms with Crippen molar-refractivity contribution < 1.29 is 30.6 Å². The average Bonchev–Trinajstić information content (AvgIpc) is 0.811. The van der Waals surface area contributed by atoms with Gasteiger partial charge >= 0.3 is 0 Å². The molecule has 416 valence electrons. The molecule has 0 saturated carbocycles. The molecule has 0 spiro atoms. The first-order valence-corrected chi connectivity index (χ1v) is 28.4. The maximum Gasteiger partial charge on any atom is 0.213 e. The molecule has 0 atom stereocenters. The Hall–Kier alpha value is -9.64. The predicted octanol–water partition coefficient (Wildman–Crippen LogP) is 17.8. The van der Waals surface area contributed by atoms with Crippen LogP contribution in [0.4, 0.5) is 0 Å². The molecule has 8 aromatic carbocycles. The van der Waals surface area contributed by atoms with Gasteiger partial charge in [0.05, 0.1) is 0 Å². The molecule has 4 aromatic heterocycles. The van der Waals surface area contributed by atoms with Gasteiger partial charge in [-0.05, 0) is 158 Å². The van der Waals surface area contributed by atoms with Crippen molar-refractivity contribution in [2.24, 2.45) is 28.2 Å². The Balaban J connectivity index is 0.000000147. The summed E-state index contributed by atoms with van der Waals surface area (Å²) in [5.41, 5.74) is 24.3. The van der Waals surface area contributed by atoms with E-state index in [0.29, 0.717) is 16.7 Å². The van der Waals surface area contributed by atoms with E-state index in [1.165, 1.54) is 61.5 Å². The van der Waals surface area contributed by atoms with Gasteiger partial charge in [0.25, 0.3) is 0 Å². The van der Waals surface area contributed by atoms with Crippen LogP contribution >= 0.6 is 0 Å². The van der Waals surface area contributed by atoms with E-state index in [1.807, 2.05) is 87.8 Å². The van der Waals surface area contributed by atoms with Gasteiger partial charge in [-0.3, -0.25) is 0 Å². The maximum atomic E-state index is 7.93. The molecule has 4 heteroatoms. The monoisotopic (exact) mass is 1110 g/mol. The summed E-state index contributed by atoms with van der Waals surface area (Å²) in [5, 5.41) is 0. The average molecular weight is 1110 g/mol. The third-order valence-corrected chi connectivity index (χ3v) is 15.2. The molecular formula is C80H80N4+4. The number of hydrogen-bond acceptors (Lipinski definition) is 0. The van der Waals surface area contributed by atoms with Gasteiger partial charge in [0.15, 0.2) is 24.8 Å². The zero-order valence-electron chi connectivity index (χ0n) is 58.7. The molecule has 0 unspecified atom stereocenters. The van der Waals surface area contributed by atoms with Crippen LogP contribution in [0, 0.1) is 55.2 Å². The molecular weight excluding hydrogens is 1020 g/mol. The van der Waals surface area contributed by atoms with Crippen molar-refractivity contribution in [3.8, 4) is 89.5 Å². The van der Waals surface area contributed by atoms with Crippen LogP contribution in [0.3, 0.4) is 0 Å². The van der Waals surface area contributed by atoms with Crippen LogP contribution in [0.5, 0.6) is 0 Å². The Kier molecular flexibility index (Phi) is 15.6. The second-order valence-corrected chi connectivity index (χ2v) is 21.5. The highest BCUT2D eigenvalue weighted by molar-refractivity contribution is 5.75. The van der Waals surface area contributed by atoms with Crippen molar-refractivity contribution in [3.63, 3.8) is 0 Å². The lowest BCUT2D eigenvalue weighted by Gasteiger charge is -2.10. The fourth-order valence-electron chi connectivity index (χ4n) is 10.7. The second kappa shape index (κ2) is 27.4. The van der Waals surface area contributed by atoms with E-state index in [1.54, 1.807) is 48.1 Å². The second-order valence-electron chi connectivity index (χ2n) is 21.5. The first-order valence-electron chi connectivity index (χ1n) is 32.9. The summed E-state index contributed by atoms with van der Waals surface area (Å²) in [6, 6.07) is 81.2. The van der Waals surface area contributed by atoms with Crippen molar-refractivity contribution >= 4 is 0 Å². The molecule has 0 aliphatic rings. The Morgan fingerprint density at radius 3 is 1.08 bits per heavy atom. The number of hydrogen-bond donors (Lipinski definition) is 0. The molecule has 0 fully saturated rings. The highest BCUT2D eigenvalue weighted by Gasteiger charge is 2.19. The lowest BCUT2D eigenvalue weighted by Crippen LogP contribution is -2.31. The van der Waals surface area contributed by atoms with Gasteiger partial charge < -0.3 is 0 Å². The summed E-state index contributed by atoms with van der Waals surface area (Å²) in [6.07, 6.45) is 7.93. The third-order valence-electron chi connectivity index (χ3n) is 15.2. The van der Waals surface area contributed by atoms with Crippen molar-refractivity contribution in [2.45, 2.75) is 55.2 Å². The van der Waals surface area contributed by atoms with E-state index >= 15 is 0 Å². The lowest BCUT2D eigenvalue weighted by molar-refractivity contribution is -0.660. The normalized spacial score (nSPS) is 12.7. The van der Waals surface area contributed by atoms with Crippen molar-refractivity contribution in [3.05, 3.63) is 312 Å². The van der Waals surface area contributed by atoms with Crippen LogP contribution in [0.2, 0.25) is 0 Å². The summed E-state index contributed by atoms with van der Waals surface area (Å²) in [6.45, 7) is 3.82. The number of nitrogens with zero attached hydrogens (tertiary/aromatic N) is 4. The minimum atomic E-state index is -2.25. The first-order chi connectivity index (χ1) is 44.2. The highest BCUT2D eigenvalue weighted by atomic mass is 14.9. The van der Waals surface area contributed by atoms with Gasteiger partial charge in [-0.1, -0.05) is 181 Å². The molecule has 0 bridgehead atoms. The van der Waals surface area contributed by atoms with E-state index in [2.05, 4.69) is 213 Å². The quantitative estimate of drug-likeness (QED) is 0.135. The number of benzene rings is 8. The molecule has 4 heterocycles. The van der Waals surface area contributed by atoms with Gasteiger partial charge in [-0.2, -0.15) is 0 Å². The molecule has 12 aromatic rings. The standard InChI is InChI=1S/C21H22N.2C20H20N.C19H18N/c1-15-10-11-19(16(2)12-15)21-13-20(17(3)14-22(21)4)18-8-6-5-7-9-18;1-15-9-12-20(21(3)14-15)19-11-10-18(13-16(19)2)17-7-5-4-6-8-17;1-15-9-10-19(16(2)13-15)20-14-18(11-12-21(20)3)17-7-5-4-6-8-17;1-15-14-17(16-8-4-3-5-9-16)11-12-18(15)19-10-6-7-13-20(19)2/h5-14H,1-4H3;2*4-14H,1-3H3;3-14H,1-2H3/q4*+1/i1D3,3D3;;1D3;. The highest BCUT2D eigenvalue weighted by Crippen LogP contribution is 2.32. The van der Waals surface area contributed by atoms with Crippen molar-refractivity contribution in [1.29, 1.82) is 0 Å². The molecule has 0 aliphatic carbocycles. The van der Waals surface area contributed by atoms with Gasteiger partial charge in [0, 0.05) is 82.1 Å². The predicted molar refractivity (Wildman–Crippen MR) is 352 cm³/mol. The summed E-state index contributed by atoms with van der Waals surface area (Å²) >= 11 is 0. The Morgan fingerprint density at radius 2 is 0.631 bits per heavy atom. The molecule has 0 saturated heterocycles. The van der Waals surface area contributed by atoms with Crippen LogP contribution in [0.25, 0.3) is 89.5 Å². The Labute approximate surface area is 513 Å². The smallest absolute Gasteiger partial charge is 0.201 e. The summed E-state index contributed by atoms with van der Waals surface area (Å²) in [5.74, 6) is 0. The van der Waals surface area contributed by atoms with Crippen LogP contribution in [0.1, 0.15) is 56.8 Å². The van der Waals surface area contributed by atoms with Crippen LogP contribution in [-0.2, 0) is 28.2 Å². The van der Waals surface area contributed by atoms with Gasteiger partial charge in [-0.15, -0.1) is 0 Å². The number of aromatic nitrogens is 4. The van der Waals surface area contributed by atoms with E-state index in [0.717, 1.165) is 50.3 Å². The van der Waals surface area contributed by atoms with E-state index < -0.39 is 20.6 Å². The largest absolute Gasteiger partial charge is 0.213 e. The van der Waals surface area contributed by atoms with E-state index in [4.69, 9.17) is 12.3 Å². The van der Waals surface area contributed by atoms with E-state index in [-0.39, 0.29) is 5.56 Å². The van der Waals surface area contributed by atoms with Crippen LogP contribution in [-0.4, -0.2) is 0 Å². The summed E-state index contributed by atoms with van der Waals surface area (Å²) < 4.78 is 77.5. The molecule has 0 N–H and O–H groups in total. The molecule has 4 nitrogen and oxygen atoms in total. The minimum absolute atomic E-state index is 0.279. The van der Waals surface area contributed by atoms with E-state index in [9.17, 15) is 0 Å². The Bertz CT molecular complexity index is 4540. The zero-order valence-corrected chi connectivity index (χ0v) is 49.7. The fourth-order valence-corrected chi connectivity index (χ4v) is 10.7. The maximum absolute atomic E-state index is 7.93. The summed E-state index contributed by atoms with van der Waals surface area (Å²) in [7, 11) is 7.99. The SMILES string of the molecule is Cc1cc(-c2ccccc2)ccc1-c1cccc[n+]1C.Cc1ccc(-c2ccc(-c3ccccc3)cc2C)[n+](C)c1.[2H]C([2H])([2H])c1ccc(-c2cc(-c3ccccc3)c(C([2H])([2H])[2H])c[n+]2C)c(C)c1.[2H]C([2H])([2H])c1ccc(-c2cc(-c3ccccc3)cc[n+]2C)c(C)c1. The van der Waals surface area contributed by atoms with Crippen LogP contribution < -0.4 is 18.3 Å². The number of aryl methyl sites for hydroxylation is 12. The third kappa shape index (κ3) is 14.5. The number of rotatable bonds is 8. The molecule has 12 rings (SSSR count). The molecule has 0 amide bonds. The lowest BCUT2D eigenvalue weighted by atomic mass is 9.97. The zero-order chi connectivity index (χ0) is 66.8. The fraction of sp³-hybridized carbons (Fsp3) is 0.150. The minimum Gasteiger partial charge on any atom is -0.201 e. The first kappa shape index (κ1) is 47.9. The van der Waals surface area contributed by atoms with Crippen molar-refractivity contribution in [2.75, 3.05) is 0 Å². The van der Waals surface area contributed by atoms with Crippen molar-refractivity contribution in [1.82, 2.24) is 0 Å². The van der Waals surface area contributed by atoms with Gasteiger partial charge in [0.1, 0.15) is 28.2 Å². The molecule has 0 aliphatic heterocycles. The topological polar surface area (TPSA) is 15.5 Å². The van der Waals surface area contributed by atoms with Gasteiger partial charge in [0.2, 0.25) is 22.8 Å². The molecule has 0 radical (unpaired) electrons.